The molecule has 0 N–H and O–H groups in total. The average molecular weight is 451 g/mol. The van der Waals surface area contributed by atoms with Crippen molar-refractivity contribution in [1.29, 1.82) is 0 Å². The van der Waals surface area contributed by atoms with Gasteiger partial charge in [0.2, 0.25) is 0 Å². The number of aryl methyl sites for hydroxylation is 2. The van der Waals surface area contributed by atoms with Crippen LogP contribution in [0.2, 0.25) is 0 Å². The van der Waals surface area contributed by atoms with Crippen molar-refractivity contribution in [3.63, 3.8) is 0 Å². The van der Waals surface area contributed by atoms with Gasteiger partial charge in [-0.3, -0.25) is 0 Å². The average Bonchev–Trinajstić information content (AvgIpc) is 2.84. The van der Waals surface area contributed by atoms with Crippen LogP contribution in [0.4, 0.5) is 0 Å². The zero-order valence-electron chi connectivity index (χ0n) is 21.9. The lowest BCUT2D eigenvalue weighted by molar-refractivity contribution is 0.590. The van der Waals surface area contributed by atoms with Crippen LogP contribution in [-0.2, 0) is 18.3 Å². The second-order valence-electron chi connectivity index (χ2n) is 10.5. The van der Waals surface area contributed by atoms with E-state index in [0.717, 1.165) is 0 Å². The van der Waals surface area contributed by atoms with Crippen molar-refractivity contribution >= 4 is 24.3 Å². The summed E-state index contributed by atoms with van der Waals surface area (Å²) < 4.78 is 0. The van der Waals surface area contributed by atoms with Gasteiger partial charge in [-0.05, 0) is 76.1 Å². The predicted octanol–water partition coefficient (Wildman–Crippen LogP) is 10.0. The molecule has 34 heavy (non-hydrogen) atoms. The SMILES string of the molecule is CCCCc1ccc(/C=C/c2cc(/C=C/c3ccc(CCCC)cc3)cc(C(C)(C)C)c2)cc1. The van der Waals surface area contributed by atoms with Crippen LogP contribution in [0.5, 0.6) is 0 Å². The van der Waals surface area contributed by atoms with E-state index >= 15 is 0 Å². The summed E-state index contributed by atoms with van der Waals surface area (Å²) in [6.45, 7) is 11.3. The number of benzene rings is 3. The topological polar surface area (TPSA) is 0 Å². The van der Waals surface area contributed by atoms with Gasteiger partial charge in [0.05, 0.1) is 0 Å². The summed E-state index contributed by atoms with van der Waals surface area (Å²) in [6.07, 6.45) is 16.3. The molecule has 0 atom stereocenters. The lowest BCUT2D eigenvalue weighted by Gasteiger charge is -2.20. The molecule has 0 amide bonds. The summed E-state index contributed by atoms with van der Waals surface area (Å²) in [4.78, 5) is 0. The Kier molecular flexibility index (Phi) is 9.52. The lowest BCUT2D eigenvalue weighted by atomic mass is 9.85. The zero-order chi connectivity index (χ0) is 24.4. The molecule has 0 bridgehead atoms. The second kappa shape index (κ2) is 12.6. The third kappa shape index (κ3) is 8.17. The Morgan fingerprint density at radius 2 is 0.912 bits per heavy atom. The minimum Gasteiger partial charge on any atom is -0.0654 e. The second-order valence-corrected chi connectivity index (χ2v) is 10.5. The van der Waals surface area contributed by atoms with Gasteiger partial charge >= 0.3 is 0 Å². The maximum absolute atomic E-state index is 2.33. The summed E-state index contributed by atoms with van der Waals surface area (Å²) >= 11 is 0. The lowest BCUT2D eigenvalue weighted by Crippen LogP contribution is -2.11. The molecule has 0 unspecified atom stereocenters. The summed E-state index contributed by atoms with van der Waals surface area (Å²) in [7, 11) is 0. The quantitative estimate of drug-likeness (QED) is 0.269. The van der Waals surface area contributed by atoms with Crippen LogP contribution in [0.1, 0.15) is 99.2 Å². The van der Waals surface area contributed by atoms with E-state index in [1.54, 1.807) is 0 Å². The van der Waals surface area contributed by atoms with E-state index in [1.807, 2.05) is 0 Å². The number of hydrogen-bond acceptors (Lipinski definition) is 0. The maximum atomic E-state index is 2.33. The highest BCUT2D eigenvalue weighted by molar-refractivity contribution is 5.75. The molecule has 0 fully saturated rings. The van der Waals surface area contributed by atoms with Gasteiger partial charge in [0, 0.05) is 0 Å². The van der Waals surface area contributed by atoms with Crippen LogP contribution >= 0.6 is 0 Å². The van der Waals surface area contributed by atoms with Crippen molar-refractivity contribution in [3.05, 3.63) is 106 Å². The Morgan fingerprint density at radius 3 is 1.26 bits per heavy atom. The Labute approximate surface area is 208 Å². The van der Waals surface area contributed by atoms with E-state index in [-0.39, 0.29) is 5.41 Å². The molecule has 0 aliphatic carbocycles. The van der Waals surface area contributed by atoms with E-state index in [2.05, 4.69) is 126 Å². The molecular formula is C34H42. The summed E-state index contributed by atoms with van der Waals surface area (Å²) in [5.41, 5.74) is 9.32. The molecule has 0 aromatic heterocycles. The molecule has 0 heteroatoms. The molecule has 0 aliphatic rings. The first-order chi connectivity index (χ1) is 16.4. The Hall–Kier alpha value is -2.86. The third-order valence-electron chi connectivity index (χ3n) is 6.38. The first-order valence-electron chi connectivity index (χ1n) is 13.1. The normalized spacial score (nSPS) is 12.1. The number of unbranched alkanes of at least 4 members (excludes halogenated alkanes) is 2. The minimum absolute atomic E-state index is 0.105. The van der Waals surface area contributed by atoms with Gasteiger partial charge in [0.1, 0.15) is 0 Å². The van der Waals surface area contributed by atoms with Crippen molar-refractivity contribution in [2.75, 3.05) is 0 Å². The van der Waals surface area contributed by atoms with E-state index in [0.29, 0.717) is 0 Å². The van der Waals surface area contributed by atoms with Gasteiger partial charge < -0.3 is 0 Å². The van der Waals surface area contributed by atoms with Gasteiger partial charge in [-0.2, -0.15) is 0 Å². The molecule has 0 aliphatic heterocycles. The van der Waals surface area contributed by atoms with E-state index in [1.165, 1.54) is 77.5 Å². The Morgan fingerprint density at radius 1 is 0.529 bits per heavy atom. The fourth-order valence-corrected chi connectivity index (χ4v) is 4.04. The van der Waals surface area contributed by atoms with E-state index in [9.17, 15) is 0 Å². The third-order valence-corrected chi connectivity index (χ3v) is 6.38. The van der Waals surface area contributed by atoms with Crippen molar-refractivity contribution in [2.45, 2.75) is 78.6 Å². The zero-order valence-corrected chi connectivity index (χ0v) is 21.9. The molecule has 0 radical (unpaired) electrons. The fraction of sp³-hybridized carbons (Fsp3) is 0.353. The summed E-state index contributed by atoms with van der Waals surface area (Å²) in [5.74, 6) is 0. The van der Waals surface area contributed by atoms with Gasteiger partial charge in [-0.25, -0.2) is 0 Å². The molecule has 0 saturated carbocycles. The van der Waals surface area contributed by atoms with Crippen LogP contribution in [0, 0.1) is 0 Å². The fourth-order valence-electron chi connectivity index (χ4n) is 4.04. The highest BCUT2D eigenvalue weighted by atomic mass is 14.2. The minimum atomic E-state index is 0.105. The maximum Gasteiger partial charge on any atom is -0.0131 e. The molecule has 178 valence electrons. The first-order valence-corrected chi connectivity index (χ1v) is 13.1. The smallest absolute Gasteiger partial charge is 0.0131 e. The summed E-state index contributed by atoms with van der Waals surface area (Å²) in [6, 6.07) is 24.9. The molecular weight excluding hydrogens is 408 g/mol. The number of hydrogen-bond donors (Lipinski definition) is 0. The standard InChI is InChI=1S/C34H42/c1-6-8-10-27-12-16-29(17-13-27)20-22-31-24-32(26-33(25-31)34(3,4)5)23-21-30-18-14-28(15-19-30)11-9-7-2/h12-26H,6-11H2,1-5H3/b22-20+,23-21+. The Bertz CT molecular complexity index is 991. The van der Waals surface area contributed by atoms with Crippen molar-refractivity contribution in [2.24, 2.45) is 0 Å². The van der Waals surface area contributed by atoms with Gasteiger partial charge in [0.15, 0.2) is 0 Å². The van der Waals surface area contributed by atoms with Gasteiger partial charge in [-0.15, -0.1) is 0 Å². The molecule has 0 heterocycles. The van der Waals surface area contributed by atoms with E-state index < -0.39 is 0 Å². The largest absolute Gasteiger partial charge is 0.0654 e. The van der Waals surface area contributed by atoms with Crippen LogP contribution < -0.4 is 0 Å². The predicted molar refractivity (Wildman–Crippen MR) is 153 cm³/mol. The van der Waals surface area contributed by atoms with Crippen molar-refractivity contribution < 1.29 is 0 Å². The van der Waals surface area contributed by atoms with Crippen LogP contribution in [-0.4, -0.2) is 0 Å². The van der Waals surface area contributed by atoms with Crippen LogP contribution in [0.3, 0.4) is 0 Å². The molecule has 0 nitrogen and oxygen atoms in total. The highest BCUT2D eigenvalue weighted by Gasteiger charge is 2.14. The first kappa shape index (κ1) is 25.8. The molecule has 0 spiro atoms. The van der Waals surface area contributed by atoms with Crippen molar-refractivity contribution in [3.8, 4) is 0 Å². The monoisotopic (exact) mass is 450 g/mol. The van der Waals surface area contributed by atoms with Gasteiger partial charge in [0.25, 0.3) is 0 Å². The van der Waals surface area contributed by atoms with Crippen molar-refractivity contribution in [1.82, 2.24) is 0 Å². The molecule has 3 rings (SSSR count). The van der Waals surface area contributed by atoms with Crippen LogP contribution in [0.25, 0.3) is 24.3 Å². The molecule has 0 saturated heterocycles. The van der Waals surface area contributed by atoms with Crippen LogP contribution in [0.15, 0.2) is 66.7 Å². The van der Waals surface area contributed by atoms with Gasteiger partial charge in [-0.1, -0.05) is 132 Å². The Balaban J connectivity index is 1.79. The van der Waals surface area contributed by atoms with E-state index in [4.69, 9.17) is 0 Å². The molecule has 3 aromatic carbocycles. The number of rotatable bonds is 10. The molecule has 3 aromatic rings. The summed E-state index contributed by atoms with van der Waals surface area (Å²) in [5, 5.41) is 0. The highest BCUT2D eigenvalue weighted by Crippen LogP contribution is 2.26.